The van der Waals surface area contributed by atoms with Crippen LogP contribution < -0.4 is 10.6 Å². The maximum absolute atomic E-state index is 11.4. The highest BCUT2D eigenvalue weighted by molar-refractivity contribution is 7.10. The first-order chi connectivity index (χ1) is 7.65. The van der Waals surface area contributed by atoms with E-state index in [1.54, 1.807) is 18.4 Å². The fraction of sp³-hybridized carbons (Fsp3) is 0.545. The Kier molecular flexibility index (Phi) is 5.45. The Bertz CT molecular complexity index is 311. The SMILES string of the molecule is CNCC(=O)NCC(c1cccs1)N(C)C. The minimum atomic E-state index is 0.0332. The molecule has 5 heteroatoms. The average molecular weight is 241 g/mol. The van der Waals surface area contributed by atoms with E-state index in [0.717, 1.165) is 0 Å². The molecule has 1 unspecified atom stereocenters. The van der Waals surface area contributed by atoms with Gasteiger partial charge in [-0.3, -0.25) is 4.79 Å². The second-order valence-electron chi connectivity index (χ2n) is 3.83. The molecule has 0 spiro atoms. The summed E-state index contributed by atoms with van der Waals surface area (Å²) < 4.78 is 0. The molecule has 0 saturated carbocycles. The van der Waals surface area contributed by atoms with E-state index < -0.39 is 0 Å². The molecule has 0 aromatic carbocycles. The highest BCUT2D eigenvalue weighted by atomic mass is 32.1. The lowest BCUT2D eigenvalue weighted by atomic mass is 10.2. The highest BCUT2D eigenvalue weighted by Crippen LogP contribution is 2.22. The van der Waals surface area contributed by atoms with Crippen LogP contribution in [0.2, 0.25) is 0 Å². The van der Waals surface area contributed by atoms with Gasteiger partial charge < -0.3 is 15.5 Å². The van der Waals surface area contributed by atoms with Crippen LogP contribution in [0.25, 0.3) is 0 Å². The number of thiophene rings is 1. The summed E-state index contributed by atoms with van der Waals surface area (Å²) in [5.74, 6) is 0.0332. The van der Waals surface area contributed by atoms with Crippen LogP contribution in [0.4, 0.5) is 0 Å². The fourth-order valence-corrected chi connectivity index (χ4v) is 2.37. The van der Waals surface area contributed by atoms with E-state index in [4.69, 9.17) is 0 Å². The maximum Gasteiger partial charge on any atom is 0.234 e. The first kappa shape index (κ1) is 13.2. The summed E-state index contributed by atoms with van der Waals surface area (Å²) in [6.07, 6.45) is 0. The zero-order chi connectivity index (χ0) is 12.0. The normalized spacial score (nSPS) is 12.8. The van der Waals surface area contributed by atoms with Gasteiger partial charge in [-0.1, -0.05) is 6.07 Å². The Morgan fingerprint density at radius 1 is 1.56 bits per heavy atom. The summed E-state index contributed by atoms with van der Waals surface area (Å²) >= 11 is 1.72. The largest absolute Gasteiger partial charge is 0.353 e. The molecule has 0 bridgehead atoms. The predicted octanol–water partition coefficient (Wildman–Crippen LogP) is 0.686. The summed E-state index contributed by atoms with van der Waals surface area (Å²) in [5.41, 5.74) is 0. The zero-order valence-electron chi connectivity index (χ0n) is 9.99. The Morgan fingerprint density at radius 3 is 2.81 bits per heavy atom. The molecule has 1 amide bonds. The number of carbonyl (C=O) groups excluding carboxylic acids is 1. The van der Waals surface area contributed by atoms with Gasteiger partial charge in [0.05, 0.1) is 12.6 Å². The summed E-state index contributed by atoms with van der Waals surface area (Å²) in [6, 6.07) is 4.38. The highest BCUT2D eigenvalue weighted by Gasteiger charge is 2.15. The van der Waals surface area contributed by atoms with Crippen molar-refractivity contribution in [1.82, 2.24) is 15.5 Å². The second kappa shape index (κ2) is 6.62. The smallest absolute Gasteiger partial charge is 0.234 e. The minimum absolute atomic E-state index is 0.0332. The molecule has 16 heavy (non-hydrogen) atoms. The van der Waals surface area contributed by atoms with Gasteiger partial charge in [0.25, 0.3) is 0 Å². The third kappa shape index (κ3) is 3.92. The van der Waals surface area contributed by atoms with Gasteiger partial charge in [0, 0.05) is 11.4 Å². The molecule has 90 valence electrons. The summed E-state index contributed by atoms with van der Waals surface area (Å²) in [7, 11) is 5.81. The molecule has 1 atom stereocenters. The monoisotopic (exact) mass is 241 g/mol. The van der Waals surface area contributed by atoms with Crippen molar-refractivity contribution in [3.8, 4) is 0 Å². The van der Waals surface area contributed by atoms with E-state index >= 15 is 0 Å². The standard InChI is InChI=1S/C11H19N3OS/c1-12-8-11(15)13-7-9(14(2)3)10-5-4-6-16-10/h4-6,9,12H,7-8H2,1-3H3,(H,13,15). The molecule has 0 saturated heterocycles. The van der Waals surface area contributed by atoms with Crippen LogP contribution in [0.1, 0.15) is 10.9 Å². The van der Waals surface area contributed by atoms with Gasteiger partial charge in [0.2, 0.25) is 5.91 Å². The van der Waals surface area contributed by atoms with Crippen LogP contribution in [0, 0.1) is 0 Å². The lowest BCUT2D eigenvalue weighted by Crippen LogP contribution is -2.38. The van der Waals surface area contributed by atoms with E-state index in [2.05, 4.69) is 27.0 Å². The third-order valence-electron chi connectivity index (χ3n) is 2.32. The lowest BCUT2D eigenvalue weighted by molar-refractivity contribution is -0.120. The fourth-order valence-electron chi connectivity index (χ4n) is 1.45. The molecule has 1 aromatic heterocycles. The van der Waals surface area contributed by atoms with Crippen LogP contribution in [0.3, 0.4) is 0 Å². The van der Waals surface area contributed by atoms with Crippen molar-refractivity contribution >= 4 is 17.2 Å². The molecule has 0 aliphatic carbocycles. The van der Waals surface area contributed by atoms with Gasteiger partial charge in [0.15, 0.2) is 0 Å². The van der Waals surface area contributed by atoms with Crippen molar-refractivity contribution in [2.24, 2.45) is 0 Å². The van der Waals surface area contributed by atoms with Crippen LogP contribution in [0.15, 0.2) is 17.5 Å². The molecule has 0 aliphatic rings. The van der Waals surface area contributed by atoms with Crippen molar-refractivity contribution in [2.75, 3.05) is 34.2 Å². The molecular weight excluding hydrogens is 222 g/mol. The van der Waals surface area contributed by atoms with E-state index in [1.807, 2.05) is 20.2 Å². The third-order valence-corrected chi connectivity index (χ3v) is 3.30. The molecule has 2 N–H and O–H groups in total. The number of amides is 1. The summed E-state index contributed by atoms with van der Waals surface area (Å²) in [4.78, 5) is 14.7. The number of carbonyl (C=O) groups is 1. The Labute approximate surface area is 101 Å². The van der Waals surface area contributed by atoms with Crippen LogP contribution in [-0.2, 0) is 4.79 Å². The number of hydrogen-bond acceptors (Lipinski definition) is 4. The quantitative estimate of drug-likeness (QED) is 0.770. The molecule has 1 rings (SSSR count). The van der Waals surface area contributed by atoms with Crippen molar-refractivity contribution in [3.05, 3.63) is 22.4 Å². The first-order valence-corrected chi connectivity index (χ1v) is 6.14. The maximum atomic E-state index is 11.4. The summed E-state index contributed by atoms with van der Waals surface area (Å²) in [5, 5.41) is 7.81. The summed E-state index contributed by atoms with van der Waals surface area (Å²) in [6.45, 7) is 1.01. The van der Waals surface area contributed by atoms with Gasteiger partial charge in [-0.25, -0.2) is 0 Å². The topological polar surface area (TPSA) is 44.4 Å². The van der Waals surface area contributed by atoms with Gasteiger partial charge in [-0.2, -0.15) is 0 Å². The number of nitrogens with zero attached hydrogens (tertiary/aromatic N) is 1. The van der Waals surface area contributed by atoms with Gasteiger partial charge in [-0.05, 0) is 32.6 Å². The van der Waals surface area contributed by atoms with E-state index in [1.165, 1.54) is 4.88 Å². The van der Waals surface area contributed by atoms with Crippen molar-refractivity contribution in [1.29, 1.82) is 0 Å². The minimum Gasteiger partial charge on any atom is -0.353 e. The first-order valence-electron chi connectivity index (χ1n) is 5.26. The van der Waals surface area contributed by atoms with Crippen LogP contribution >= 0.6 is 11.3 Å². The number of hydrogen-bond donors (Lipinski definition) is 2. The number of nitrogens with one attached hydrogen (secondary N) is 2. The molecule has 4 nitrogen and oxygen atoms in total. The van der Waals surface area contributed by atoms with Crippen molar-refractivity contribution in [2.45, 2.75) is 6.04 Å². The Hall–Kier alpha value is -0.910. The number of likely N-dealkylation sites (N-methyl/N-ethyl adjacent to an activating group) is 2. The van der Waals surface area contributed by atoms with Crippen LogP contribution in [0.5, 0.6) is 0 Å². The molecular formula is C11H19N3OS. The van der Waals surface area contributed by atoms with Crippen molar-refractivity contribution < 1.29 is 4.79 Å². The Balaban J connectivity index is 2.50. The second-order valence-corrected chi connectivity index (χ2v) is 4.81. The van der Waals surface area contributed by atoms with Gasteiger partial charge in [-0.15, -0.1) is 11.3 Å². The van der Waals surface area contributed by atoms with E-state index in [-0.39, 0.29) is 11.9 Å². The Morgan fingerprint density at radius 2 is 2.31 bits per heavy atom. The average Bonchev–Trinajstić information content (AvgIpc) is 2.71. The van der Waals surface area contributed by atoms with Gasteiger partial charge >= 0.3 is 0 Å². The van der Waals surface area contributed by atoms with E-state index in [0.29, 0.717) is 13.1 Å². The molecule has 0 aliphatic heterocycles. The number of rotatable bonds is 6. The van der Waals surface area contributed by atoms with Gasteiger partial charge in [0.1, 0.15) is 0 Å². The predicted molar refractivity (Wildman–Crippen MR) is 67.7 cm³/mol. The molecule has 1 aromatic rings. The van der Waals surface area contributed by atoms with Crippen molar-refractivity contribution in [3.63, 3.8) is 0 Å². The molecule has 0 radical (unpaired) electrons. The van der Waals surface area contributed by atoms with E-state index in [9.17, 15) is 4.79 Å². The molecule has 1 heterocycles. The molecule has 0 fully saturated rings. The zero-order valence-corrected chi connectivity index (χ0v) is 10.8. The lowest BCUT2D eigenvalue weighted by Gasteiger charge is -2.23. The van der Waals surface area contributed by atoms with Crippen LogP contribution in [-0.4, -0.2) is 45.0 Å².